The third-order valence-corrected chi connectivity index (χ3v) is 8.82. The molecule has 260 valence electrons. The van der Waals surface area contributed by atoms with E-state index in [4.69, 9.17) is 19.9 Å². The van der Waals surface area contributed by atoms with Gasteiger partial charge in [-0.1, -0.05) is 12.1 Å². The number of carbonyl (C=O) groups is 2. The normalized spacial score (nSPS) is 18.1. The van der Waals surface area contributed by atoms with Crippen molar-refractivity contribution >= 4 is 23.7 Å². The predicted molar refractivity (Wildman–Crippen MR) is 171 cm³/mol. The molecule has 2 atom stereocenters. The van der Waals surface area contributed by atoms with E-state index in [1.807, 2.05) is 4.90 Å². The van der Waals surface area contributed by atoms with Gasteiger partial charge in [-0.2, -0.15) is 28.2 Å². The van der Waals surface area contributed by atoms with Crippen LogP contribution >= 0.6 is 0 Å². The van der Waals surface area contributed by atoms with Gasteiger partial charge in [0.05, 0.1) is 24.6 Å². The quantitative estimate of drug-likeness (QED) is 0.260. The molecular weight excluding hydrogens is 631 g/mol. The van der Waals surface area contributed by atoms with Gasteiger partial charge in [0.15, 0.2) is 0 Å². The van der Waals surface area contributed by atoms with Crippen molar-refractivity contribution in [3.05, 3.63) is 53.3 Å². The van der Waals surface area contributed by atoms with Crippen LogP contribution in [0.2, 0.25) is 0 Å². The third-order valence-electron chi connectivity index (χ3n) is 8.82. The van der Waals surface area contributed by atoms with Crippen LogP contribution in [-0.4, -0.2) is 76.8 Å². The zero-order chi connectivity index (χ0) is 34.5. The molecule has 3 N–H and O–H groups in total. The maximum Gasteiger partial charge on any atom is 0.429 e. The highest BCUT2D eigenvalue weighted by Crippen LogP contribution is 2.42. The molecule has 3 aromatic rings. The van der Waals surface area contributed by atoms with E-state index in [2.05, 4.69) is 20.4 Å². The summed E-state index contributed by atoms with van der Waals surface area (Å²) in [5.41, 5.74) is 7.29. The molecule has 0 aliphatic carbocycles. The number of aromatic nitrogens is 4. The van der Waals surface area contributed by atoms with Gasteiger partial charge in [-0.15, -0.1) is 0 Å². The Balaban J connectivity index is 1.36. The van der Waals surface area contributed by atoms with Gasteiger partial charge in [0.1, 0.15) is 11.9 Å². The standard InChI is InChI=1S/C33H42F3N7O5/c1-4-46-28(44)8-6-7-22-9-10-23(25(17-22)43-14-11-21(3)41-43)29(33(34,35)36)48-27-18-26(39-31(37)40-27)42-15-12-32(13-16-42)19-24(38-20-32)30(45)47-5-2/h9-11,14,17-18,24,29,38H,4-8,12-13,15-16,19-20H2,1-3H3,(H2,37,39,40)/t24-,29+/m0/s1. The molecule has 2 aliphatic rings. The number of ether oxygens (including phenoxy) is 3. The summed E-state index contributed by atoms with van der Waals surface area (Å²) in [6.07, 6.45) is -2.37. The van der Waals surface area contributed by atoms with Crippen molar-refractivity contribution in [3.63, 3.8) is 0 Å². The van der Waals surface area contributed by atoms with Crippen LogP contribution < -0.4 is 20.7 Å². The molecule has 48 heavy (non-hydrogen) atoms. The fraction of sp³-hybridized carbons (Fsp3) is 0.545. The lowest BCUT2D eigenvalue weighted by molar-refractivity contribution is -0.198. The number of piperidine rings is 1. The van der Waals surface area contributed by atoms with Crippen LogP contribution in [0.3, 0.4) is 0 Å². The largest absolute Gasteiger partial charge is 0.466 e. The second-order valence-corrected chi connectivity index (χ2v) is 12.3. The first-order valence-electron chi connectivity index (χ1n) is 16.2. The van der Waals surface area contributed by atoms with Gasteiger partial charge in [0.25, 0.3) is 0 Å². The number of nitrogens with zero attached hydrogens (tertiary/aromatic N) is 5. The van der Waals surface area contributed by atoms with Gasteiger partial charge in [0.2, 0.25) is 17.9 Å². The summed E-state index contributed by atoms with van der Waals surface area (Å²) < 4.78 is 61.5. The molecule has 0 radical (unpaired) electrons. The van der Waals surface area contributed by atoms with E-state index in [1.54, 1.807) is 45.2 Å². The van der Waals surface area contributed by atoms with Gasteiger partial charge in [-0.05, 0) is 76.0 Å². The van der Waals surface area contributed by atoms with Gasteiger partial charge in [-0.25, -0.2) is 4.68 Å². The lowest BCUT2D eigenvalue weighted by Gasteiger charge is -2.39. The fourth-order valence-electron chi connectivity index (χ4n) is 6.38. The van der Waals surface area contributed by atoms with Crippen molar-refractivity contribution in [3.8, 4) is 11.6 Å². The van der Waals surface area contributed by atoms with Crippen molar-refractivity contribution in [1.29, 1.82) is 0 Å². The van der Waals surface area contributed by atoms with Crippen LogP contribution in [-0.2, 0) is 25.5 Å². The number of rotatable bonds is 12. The van der Waals surface area contributed by atoms with E-state index in [1.165, 1.54) is 16.8 Å². The van der Waals surface area contributed by atoms with E-state index in [9.17, 15) is 22.8 Å². The number of nitrogen functional groups attached to an aromatic ring is 1. The summed E-state index contributed by atoms with van der Waals surface area (Å²) in [6.45, 7) is 7.66. The Morgan fingerprint density at radius 1 is 1.10 bits per heavy atom. The summed E-state index contributed by atoms with van der Waals surface area (Å²) >= 11 is 0. The zero-order valence-electron chi connectivity index (χ0n) is 27.4. The minimum absolute atomic E-state index is 0.0839. The number of nitrogens with one attached hydrogen (secondary N) is 1. The number of alkyl halides is 3. The Labute approximate surface area is 277 Å². The summed E-state index contributed by atoms with van der Waals surface area (Å²) in [5, 5.41) is 7.64. The number of esters is 2. The van der Waals surface area contributed by atoms with Crippen LogP contribution in [0.25, 0.3) is 5.69 Å². The average molecular weight is 674 g/mol. The third kappa shape index (κ3) is 8.35. The van der Waals surface area contributed by atoms with E-state index in [-0.39, 0.29) is 59.5 Å². The average Bonchev–Trinajstić information content (AvgIpc) is 3.66. The predicted octanol–water partition coefficient (Wildman–Crippen LogP) is 4.63. The second-order valence-electron chi connectivity index (χ2n) is 12.3. The molecule has 0 amide bonds. The van der Waals surface area contributed by atoms with E-state index < -0.39 is 12.3 Å². The maximum absolute atomic E-state index is 14.8. The van der Waals surface area contributed by atoms with Crippen LogP contribution in [0.5, 0.6) is 5.88 Å². The Morgan fingerprint density at radius 2 is 1.85 bits per heavy atom. The number of halogens is 3. The van der Waals surface area contributed by atoms with Crippen molar-refractivity contribution in [1.82, 2.24) is 25.1 Å². The number of carbonyl (C=O) groups excluding carboxylic acids is 2. The van der Waals surface area contributed by atoms with E-state index in [0.29, 0.717) is 57.0 Å². The zero-order valence-corrected chi connectivity index (χ0v) is 27.4. The van der Waals surface area contributed by atoms with Gasteiger partial charge in [-0.3, -0.25) is 9.59 Å². The van der Waals surface area contributed by atoms with E-state index >= 15 is 0 Å². The topological polar surface area (TPSA) is 147 Å². The first-order chi connectivity index (χ1) is 22.9. The summed E-state index contributed by atoms with van der Waals surface area (Å²) in [7, 11) is 0. The summed E-state index contributed by atoms with van der Waals surface area (Å²) in [5.74, 6) is -0.746. The maximum atomic E-state index is 14.8. The molecule has 0 unspecified atom stereocenters. The molecule has 4 heterocycles. The number of anilines is 2. The van der Waals surface area contributed by atoms with Crippen LogP contribution in [0.1, 0.15) is 68.9 Å². The first kappa shape index (κ1) is 34.9. The molecule has 2 saturated heterocycles. The highest BCUT2D eigenvalue weighted by atomic mass is 19.4. The number of nitrogens with two attached hydrogens (primary N) is 1. The van der Waals surface area contributed by atoms with Gasteiger partial charge in [0, 0.05) is 43.9 Å². The Morgan fingerprint density at radius 3 is 2.52 bits per heavy atom. The highest BCUT2D eigenvalue weighted by Gasteiger charge is 2.46. The van der Waals surface area contributed by atoms with Crippen LogP contribution in [0, 0.1) is 12.3 Å². The monoisotopic (exact) mass is 673 g/mol. The van der Waals surface area contributed by atoms with Crippen molar-refractivity contribution in [2.24, 2.45) is 5.41 Å². The van der Waals surface area contributed by atoms with Gasteiger partial charge < -0.3 is 30.2 Å². The van der Waals surface area contributed by atoms with Crippen LogP contribution in [0.15, 0.2) is 36.5 Å². The Hall–Kier alpha value is -4.40. The van der Waals surface area contributed by atoms with Crippen molar-refractivity contribution in [2.75, 3.05) is 43.5 Å². The van der Waals surface area contributed by atoms with Crippen molar-refractivity contribution in [2.45, 2.75) is 77.6 Å². The molecule has 0 saturated carbocycles. The highest BCUT2D eigenvalue weighted by molar-refractivity contribution is 5.76. The molecule has 2 fully saturated rings. The molecule has 0 bridgehead atoms. The summed E-state index contributed by atoms with van der Waals surface area (Å²) in [4.78, 5) is 34.3. The molecule has 2 aromatic heterocycles. The van der Waals surface area contributed by atoms with Crippen LogP contribution in [0.4, 0.5) is 24.9 Å². The molecule has 2 aliphatic heterocycles. The number of hydrogen-bond donors (Lipinski definition) is 2. The lowest BCUT2D eigenvalue weighted by atomic mass is 9.76. The lowest BCUT2D eigenvalue weighted by Crippen LogP contribution is -2.41. The fourth-order valence-corrected chi connectivity index (χ4v) is 6.38. The SMILES string of the molecule is CCOC(=O)CCCc1ccc([C@@H](Oc2cc(N3CCC4(CC3)CN[C@H](C(=O)OCC)C4)nc(N)n2)C(F)(F)F)c(-n2ccc(C)n2)c1. The number of hydrogen-bond acceptors (Lipinski definition) is 11. The Kier molecular flexibility index (Phi) is 10.8. The van der Waals surface area contributed by atoms with Crippen molar-refractivity contribution < 1.29 is 37.0 Å². The molecular formula is C33H42F3N7O5. The Bertz CT molecular complexity index is 1590. The second kappa shape index (κ2) is 14.8. The molecule has 5 rings (SSSR count). The van der Waals surface area contributed by atoms with Gasteiger partial charge >= 0.3 is 18.1 Å². The molecule has 12 nitrogen and oxygen atoms in total. The van der Waals surface area contributed by atoms with E-state index in [0.717, 1.165) is 18.4 Å². The number of benzene rings is 1. The summed E-state index contributed by atoms with van der Waals surface area (Å²) in [6, 6.07) is 7.32. The first-order valence-corrected chi connectivity index (χ1v) is 16.2. The smallest absolute Gasteiger partial charge is 0.429 e. The molecule has 15 heteroatoms. The molecule has 1 aromatic carbocycles. The number of aryl methyl sites for hydroxylation is 2. The molecule has 1 spiro atoms. The minimum Gasteiger partial charge on any atom is -0.466 e. The minimum atomic E-state index is -4.83.